The van der Waals surface area contributed by atoms with Crippen LogP contribution in [0.5, 0.6) is 0 Å². The molecule has 12 rings (SSSR count). The first-order valence-corrected chi connectivity index (χ1v) is 29.0. The second-order valence-electron chi connectivity index (χ2n) is 30.1. The van der Waals surface area contributed by atoms with Gasteiger partial charge in [-0.3, -0.25) is 0 Å². The number of fused-ring (bicyclic) bond motifs is 10. The van der Waals surface area contributed by atoms with Gasteiger partial charge in [0.15, 0.2) is 0 Å². The van der Waals surface area contributed by atoms with Crippen molar-refractivity contribution in [2.45, 2.75) is 182 Å². The summed E-state index contributed by atoms with van der Waals surface area (Å²) in [6.07, 6.45) is 0. The van der Waals surface area contributed by atoms with E-state index in [2.05, 4.69) is 294 Å². The largest absolute Gasteiger partial charge is 0.310 e. The molecule has 0 bridgehead atoms. The lowest BCUT2D eigenvalue weighted by molar-refractivity contribution is 0.572. The van der Waals surface area contributed by atoms with Crippen molar-refractivity contribution in [2.75, 3.05) is 9.80 Å². The summed E-state index contributed by atoms with van der Waals surface area (Å²) >= 11 is 0. The zero-order chi connectivity index (χ0) is 56.0. The first-order chi connectivity index (χ1) is 36.2. The van der Waals surface area contributed by atoms with E-state index in [9.17, 15) is 0 Å². The Bertz CT molecular complexity index is 3450. The van der Waals surface area contributed by atoms with E-state index in [1.165, 1.54) is 134 Å². The molecule has 2 heterocycles. The van der Waals surface area contributed by atoms with Crippen molar-refractivity contribution < 1.29 is 0 Å². The molecule has 0 saturated carbocycles. The van der Waals surface area contributed by atoms with Gasteiger partial charge in [0.25, 0.3) is 0 Å². The highest BCUT2D eigenvalue weighted by Gasteiger charge is 2.44. The Balaban J connectivity index is 0.906. The van der Waals surface area contributed by atoms with E-state index < -0.39 is 0 Å². The Kier molecular flexibility index (Phi) is 11.0. The Morgan fingerprint density at radius 3 is 0.731 bits per heavy atom. The molecule has 0 fully saturated rings. The quantitative estimate of drug-likeness (QED) is 0.174. The zero-order valence-corrected chi connectivity index (χ0v) is 50.8. The van der Waals surface area contributed by atoms with Gasteiger partial charge in [0.1, 0.15) is 0 Å². The predicted octanol–water partition coefficient (Wildman–Crippen LogP) is 21.4. The van der Waals surface area contributed by atoms with Crippen molar-refractivity contribution >= 4 is 34.1 Å². The molecule has 8 aromatic rings. The van der Waals surface area contributed by atoms with Gasteiger partial charge < -0.3 is 9.80 Å². The third-order valence-corrected chi connectivity index (χ3v) is 19.3. The summed E-state index contributed by atoms with van der Waals surface area (Å²) in [5.41, 5.74) is 31.3. The van der Waals surface area contributed by atoms with Gasteiger partial charge in [0, 0.05) is 33.0 Å². The van der Waals surface area contributed by atoms with Crippen molar-refractivity contribution in [3.63, 3.8) is 0 Å². The molecule has 8 aromatic carbocycles. The fourth-order valence-electron chi connectivity index (χ4n) is 14.0. The van der Waals surface area contributed by atoms with Crippen LogP contribution < -0.4 is 9.80 Å². The average molecular weight is 1030 g/mol. The van der Waals surface area contributed by atoms with Gasteiger partial charge >= 0.3 is 0 Å². The SMILES string of the molecule is CC(C)(C)c1ccc2c(c1)C(C)(C)c1cc(C(C)(C)C)ccc1N2c1ccc2c(c1)C(C)(C)c1cc(-c3ccc4c(c3)C(C)(C)c3cc(N5c6ccc(C(C)(C)C)cc6C(C)(C)c6cc(C(C)(C)C)ccc65)ccc3-4)ccc1-2. The van der Waals surface area contributed by atoms with Crippen molar-refractivity contribution in [3.05, 3.63) is 212 Å². The maximum absolute atomic E-state index is 2.56. The lowest BCUT2D eigenvalue weighted by atomic mass is 9.70. The zero-order valence-electron chi connectivity index (χ0n) is 50.8. The van der Waals surface area contributed by atoms with Gasteiger partial charge in [-0.05, 0) is 182 Å². The Labute approximate surface area is 469 Å². The van der Waals surface area contributed by atoms with E-state index in [1.54, 1.807) is 0 Å². The molecule has 2 nitrogen and oxygen atoms in total. The highest BCUT2D eigenvalue weighted by atomic mass is 15.2. The summed E-state index contributed by atoms with van der Waals surface area (Å²) in [6.45, 7) is 47.4. The highest BCUT2D eigenvalue weighted by molar-refractivity contribution is 5.93. The second kappa shape index (κ2) is 16.5. The third-order valence-electron chi connectivity index (χ3n) is 19.3. The van der Waals surface area contributed by atoms with E-state index in [-0.39, 0.29) is 43.3 Å². The molecule has 0 unspecified atom stereocenters. The second-order valence-corrected chi connectivity index (χ2v) is 30.1. The number of hydrogen-bond donors (Lipinski definition) is 0. The smallest absolute Gasteiger partial charge is 0.0502 e. The van der Waals surface area contributed by atoms with Crippen LogP contribution in [0.3, 0.4) is 0 Å². The highest BCUT2D eigenvalue weighted by Crippen LogP contribution is 2.59. The molecule has 0 N–H and O–H groups in total. The number of anilines is 6. The molecule has 78 heavy (non-hydrogen) atoms. The van der Waals surface area contributed by atoms with Crippen LogP contribution in [0, 0.1) is 0 Å². The predicted molar refractivity (Wildman–Crippen MR) is 335 cm³/mol. The maximum atomic E-state index is 2.56. The molecule has 0 atom stereocenters. The van der Waals surface area contributed by atoms with Crippen LogP contribution in [0.25, 0.3) is 33.4 Å². The molecule has 2 aliphatic heterocycles. The van der Waals surface area contributed by atoms with E-state index in [0.717, 1.165) is 0 Å². The molecule has 2 aliphatic carbocycles. The van der Waals surface area contributed by atoms with Gasteiger partial charge in [0.2, 0.25) is 0 Å². The number of benzene rings is 8. The Morgan fingerprint density at radius 1 is 0.244 bits per heavy atom. The van der Waals surface area contributed by atoms with E-state index >= 15 is 0 Å². The van der Waals surface area contributed by atoms with Crippen LogP contribution in [-0.2, 0) is 43.3 Å². The summed E-state index contributed by atoms with van der Waals surface area (Å²) in [5, 5.41) is 0. The van der Waals surface area contributed by atoms with Crippen molar-refractivity contribution in [1.29, 1.82) is 0 Å². The van der Waals surface area contributed by atoms with Crippen molar-refractivity contribution in [2.24, 2.45) is 0 Å². The standard InChI is InChI=1S/C76H84N2/c1-69(2,3)47-23-33-65-61(39-47)75(17,18)62-40-48(70(4,5)6)24-34-66(62)77(65)51-27-31-55-53-29-21-45(37-57(53)73(13,14)59(55)43-51)46-22-30-54-56-32-28-52(44-60(56)74(15,16)58(54)38-46)78-67-35-25-49(71(7,8)9)41-63(67)76(19,20)64-42-50(72(10,11)12)26-36-68(64)78/h21-44H,1-20H3. The fraction of sp³-hybridized carbons (Fsp3) is 0.368. The molecule has 4 aliphatic rings. The van der Waals surface area contributed by atoms with Gasteiger partial charge in [-0.25, -0.2) is 0 Å². The van der Waals surface area contributed by atoms with Gasteiger partial charge in [-0.15, -0.1) is 0 Å². The molecular weight excluding hydrogens is 941 g/mol. The average Bonchev–Trinajstić information content (AvgIpc) is 3.89. The number of nitrogens with zero attached hydrogens (tertiary/aromatic N) is 2. The first-order valence-electron chi connectivity index (χ1n) is 29.0. The van der Waals surface area contributed by atoms with Crippen LogP contribution in [0.2, 0.25) is 0 Å². The van der Waals surface area contributed by atoms with Crippen LogP contribution in [-0.4, -0.2) is 0 Å². The molecule has 0 amide bonds. The fourth-order valence-corrected chi connectivity index (χ4v) is 14.0. The molecule has 0 aromatic heterocycles. The minimum absolute atomic E-state index is 0.0401. The lowest BCUT2D eigenvalue weighted by Gasteiger charge is -2.43. The van der Waals surface area contributed by atoms with E-state index in [0.29, 0.717) is 0 Å². The summed E-state index contributed by atoms with van der Waals surface area (Å²) in [4.78, 5) is 5.12. The monoisotopic (exact) mass is 1020 g/mol. The summed E-state index contributed by atoms with van der Waals surface area (Å²) in [7, 11) is 0. The molecule has 398 valence electrons. The first kappa shape index (κ1) is 52.1. The summed E-state index contributed by atoms with van der Waals surface area (Å²) in [5.74, 6) is 0. The van der Waals surface area contributed by atoms with Crippen LogP contribution in [0.4, 0.5) is 34.1 Å². The molecule has 2 heteroatoms. The lowest BCUT2D eigenvalue weighted by Crippen LogP contribution is -2.32. The third kappa shape index (κ3) is 7.69. The Morgan fingerprint density at radius 2 is 0.474 bits per heavy atom. The summed E-state index contributed by atoms with van der Waals surface area (Å²) < 4.78 is 0. The number of hydrogen-bond acceptors (Lipinski definition) is 2. The van der Waals surface area contributed by atoms with Crippen molar-refractivity contribution in [3.8, 4) is 33.4 Å². The minimum atomic E-state index is -0.213. The van der Waals surface area contributed by atoms with Crippen LogP contribution in [0.15, 0.2) is 146 Å². The van der Waals surface area contributed by atoms with Gasteiger partial charge in [0.05, 0.1) is 22.7 Å². The van der Waals surface area contributed by atoms with Crippen LogP contribution in [0.1, 0.15) is 205 Å². The normalized spacial score (nSPS) is 17.1. The van der Waals surface area contributed by atoms with E-state index in [4.69, 9.17) is 0 Å². The Hall–Kier alpha value is -6.64. The van der Waals surface area contributed by atoms with Crippen molar-refractivity contribution in [1.82, 2.24) is 0 Å². The maximum Gasteiger partial charge on any atom is 0.0502 e. The topological polar surface area (TPSA) is 6.48 Å². The molecular formula is C76H84N2. The van der Waals surface area contributed by atoms with Crippen LogP contribution >= 0.6 is 0 Å². The molecule has 0 radical (unpaired) electrons. The minimum Gasteiger partial charge on any atom is -0.310 e. The summed E-state index contributed by atoms with van der Waals surface area (Å²) in [6, 6.07) is 58.1. The van der Waals surface area contributed by atoms with Gasteiger partial charge in [-0.2, -0.15) is 0 Å². The van der Waals surface area contributed by atoms with E-state index in [1.807, 2.05) is 0 Å². The molecule has 0 spiro atoms. The molecule has 0 saturated heterocycles. The number of rotatable bonds is 3. The van der Waals surface area contributed by atoms with Gasteiger partial charge in [-0.1, -0.05) is 223 Å².